The molecule has 7 nitrogen and oxygen atoms in total. The van der Waals surface area contributed by atoms with Crippen LogP contribution in [0, 0.1) is 0 Å². The molecule has 1 aromatic carbocycles. The lowest BCUT2D eigenvalue weighted by Gasteiger charge is -2.36. The number of aromatic nitrogens is 4. The smallest absolute Gasteiger partial charge is 0.163 e. The molecule has 0 spiro atoms. The van der Waals surface area contributed by atoms with Crippen molar-refractivity contribution >= 4 is 16.9 Å². The molecule has 1 atom stereocenters. The Morgan fingerprint density at radius 1 is 1.08 bits per heavy atom. The molecule has 25 heavy (non-hydrogen) atoms. The van der Waals surface area contributed by atoms with Crippen LogP contribution in [0.4, 0.5) is 5.82 Å². The van der Waals surface area contributed by atoms with E-state index in [0.717, 1.165) is 48.6 Å². The van der Waals surface area contributed by atoms with E-state index in [2.05, 4.69) is 24.9 Å². The Morgan fingerprint density at radius 3 is 2.60 bits per heavy atom. The van der Waals surface area contributed by atoms with Gasteiger partial charge in [-0.3, -0.25) is 9.58 Å². The number of aliphatic hydroxyl groups is 1. The number of aryl methyl sites for hydroxylation is 1. The topological polar surface area (TPSA) is 70.3 Å². The van der Waals surface area contributed by atoms with E-state index in [1.807, 2.05) is 43.6 Å². The van der Waals surface area contributed by atoms with Gasteiger partial charge in [0, 0.05) is 39.8 Å². The van der Waals surface area contributed by atoms with Gasteiger partial charge in [0.05, 0.1) is 17.7 Å². The average Bonchev–Trinajstić information content (AvgIpc) is 3.04. The molecule has 1 unspecified atom stereocenters. The van der Waals surface area contributed by atoms with Gasteiger partial charge in [-0.15, -0.1) is 0 Å². The Kier molecular flexibility index (Phi) is 4.33. The lowest BCUT2D eigenvalue weighted by atomic mass is 10.1. The van der Waals surface area contributed by atoms with E-state index in [1.54, 1.807) is 11.0 Å². The van der Waals surface area contributed by atoms with Crippen molar-refractivity contribution in [2.24, 2.45) is 7.05 Å². The summed E-state index contributed by atoms with van der Waals surface area (Å²) in [6.07, 6.45) is 2.98. The number of piperazine rings is 1. The first-order valence-corrected chi connectivity index (χ1v) is 8.55. The zero-order valence-corrected chi connectivity index (χ0v) is 14.3. The standard InChI is InChI=1S/C18H22N6O/c1-22-17-15(11-21-22)18(20-13-19-17)24-9-7-23(8-10-24)12-16(25)14-5-3-2-4-6-14/h2-6,11,13,16,25H,7-10,12H2,1H3. The summed E-state index contributed by atoms with van der Waals surface area (Å²) in [4.78, 5) is 13.4. The maximum atomic E-state index is 10.4. The molecule has 3 aromatic rings. The summed E-state index contributed by atoms with van der Waals surface area (Å²) >= 11 is 0. The summed E-state index contributed by atoms with van der Waals surface area (Å²) in [5.41, 5.74) is 1.82. The number of hydrogen-bond acceptors (Lipinski definition) is 6. The van der Waals surface area contributed by atoms with Crippen LogP contribution in [0.25, 0.3) is 11.0 Å². The van der Waals surface area contributed by atoms with E-state index in [1.165, 1.54) is 0 Å². The molecule has 1 aliphatic rings. The molecule has 3 heterocycles. The van der Waals surface area contributed by atoms with Crippen molar-refractivity contribution in [3.63, 3.8) is 0 Å². The van der Waals surface area contributed by atoms with Crippen LogP contribution < -0.4 is 4.90 Å². The fourth-order valence-corrected chi connectivity index (χ4v) is 3.37. The van der Waals surface area contributed by atoms with Gasteiger partial charge in [-0.05, 0) is 5.56 Å². The van der Waals surface area contributed by atoms with E-state index in [9.17, 15) is 5.11 Å². The normalized spacial score (nSPS) is 17.1. The van der Waals surface area contributed by atoms with Crippen LogP contribution in [-0.4, -0.2) is 62.5 Å². The highest BCUT2D eigenvalue weighted by atomic mass is 16.3. The largest absolute Gasteiger partial charge is 0.387 e. The van der Waals surface area contributed by atoms with Gasteiger partial charge in [0.15, 0.2) is 5.65 Å². The van der Waals surface area contributed by atoms with Crippen LogP contribution in [0.1, 0.15) is 11.7 Å². The van der Waals surface area contributed by atoms with Crippen LogP contribution in [0.15, 0.2) is 42.9 Å². The van der Waals surface area contributed by atoms with Crippen LogP contribution in [0.3, 0.4) is 0 Å². The summed E-state index contributed by atoms with van der Waals surface area (Å²) in [6, 6.07) is 9.84. The molecule has 0 saturated carbocycles. The minimum absolute atomic E-state index is 0.447. The molecule has 0 aliphatic carbocycles. The quantitative estimate of drug-likeness (QED) is 0.771. The molecule has 130 valence electrons. The highest BCUT2D eigenvalue weighted by molar-refractivity contribution is 5.86. The minimum atomic E-state index is -0.447. The number of nitrogens with zero attached hydrogens (tertiary/aromatic N) is 6. The molecule has 0 amide bonds. The van der Waals surface area contributed by atoms with Gasteiger partial charge in [0.1, 0.15) is 12.1 Å². The first-order valence-electron chi connectivity index (χ1n) is 8.55. The molecule has 1 aliphatic heterocycles. The Labute approximate surface area is 146 Å². The van der Waals surface area contributed by atoms with Gasteiger partial charge in [-0.25, -0.2) is 9.97 Å². The van der Waals surface area contributed by atoms with Crippen molar-refractivity contribution in [3.05, 3.63) is 48.4 Å². The molecule has 7 heteroatoms. The number of aliphatic hydroxyl groups excluding tert-OH is 1. The molecule has 2 aromatic heterocycles. The second kappa shape index (κ2) is 6.78. The van der Waals surface area contributed by atoms with Gasteiger partial charge in [0.2, 0.25) is 0 Å². The molecular weight excluding hydrogens is 316 g/mol. The highest BCUT2D eigenvalue weighted by Gasteiger charge is 2.22. The van der Waals surface area contributed by atoms with Gasteiger partial charge >= 0.3 is 0 Å². The third kappa shape index (κ3) is 3.20. The second-order valence-electron chi connectivity index (χ2n) is 6.42. The number of hydrogen-bond donors (Lipinski definition) is 1. The molecule has 1 fully saturated rings. The van der Waals surface area contributed by atoms with Gasteiger partial charge in [-0.2, -0.15) is 5.10 Å². The Morgan fingerprint density at radius 2 is 1.84 bits per heavy atom. The third-order valence-electron chi connectivity index (χ3n) is 4.80. The van der Waals surface area contributed by atoms with Crippen molar-refractivity contribution in [2.45, 2.75) is 6.10 Å². The van der Waals surface area contributed by atoms with E-state index in [4.69, 9.17) is 0 Å². The Bertz CT molecular complexity index is 841. The molecule has 0 radical (unpaired) electrons. The number of rotatable bonds is 4. The zero-order valence-electron chi connectivity index (χ0n) is 14.3. The van der Waals surface area contributed by atoms with Crippen LogP contribution >= 0.6 is 0 Å². The predicted molar refractivity (Wildman–Crippen MR) is 96.4 cm³/mol. The number of fused-ring (bicyclic) bond motifs is 1. The summed E-state index contributed by atoms with van der Waals surface area (Å²) in [5, 5.41) is 15.7. The first-order chi connectivity index (χ1) is 12.2. The maximum Gasteiger partial charge on any atom is 0.163 e. The van der Waals surface area contributed by atoms with E-state index < -0.39 is 6.10 Å². The van der Waals surface area contributed by atoms with Crippen molar-refractivity contribution in [1.82, 2.24) is 24.6 Å². The molecule has 1 N–H and O–H groups in total. The van der Waals surface area contributed by atoms with Crippen molar-refractivity contribution in [2.75, 3.05) is 37.6 Å². The van der Waals surface area contributed by atoms with Gasteiger partial charge in [0.25, 0.3) is 0 Å². The summed E-state index contributed by atoms with van der Waals surface area (Å²) < 4.78 is 1.77. The van der Waals surface area contributed by atoms with Crippen LogP contribution in [0.2, 0.25) is 0 Å². The number of β-amino-alcohol motifs (C(OH)–C–C–N with tert-alkyl or cyclic N) is 1. The number of anilines is 1. The van der Waals surface area contributed by atoms with Crippen LogP contribution in [-0.2, 0) is 7.05 Å². The predicted octanol–water partition coefficient (Wildman–Crippen LogP) is 1.22. The average molecular weight is 338 g/mol. The van der Waals surface area contributed by atoms with Crippen molar-refractivity contribution in [1.29, 1.82) is 0 Å². The van der Waals surface area contributed by atoms with Crippen LogP contribution in [0.5, 0.6) is 0 Å². The Hall–Kier alpha value is -2.51. The first kappa shape index (κ1) is 16.0. The van der Waals surface area contributed by atoms with E-state index >= 15 is 0 Å². The molecule has 4 rings (SSSR count). The van der Waals surface area contributed by atoms with Crippen molar-refractivity contribution < 1.29 is 5.11 Å². The third-order valence-corrected chi connectivity index (χ3v) is 4.80. The zero-order chi connectivity index (χ0) is 17.2. The van der Waals surface area contributed by atoms with E-state index in [-0.39, 0.29) is 0 Å². The Balaban J connectivity index is 1.41. The van der Waals surface area contributed by atoms with Gasteiger partial charge in [-0.1, -0.05) is 30.3 Å². The van der Waals surface area contributed by atoms with Crippen molar-refractivity contribution in [3.8, 4) is 0 Å². The summed E-state index contributed by atoms with van der Waals surface area (Å²) in [7, 11) is 1.89. The molecular formula is C18H22N6O. The number of benzene rings is 1. The lowest BCUT2D eigenvalue weighted by molar-refractivity contribution is 0.109. The second-order valence-corrected chi connectivity index (χ2v) is 6.42. The molecule has 1 saturated heterocycles. The summed E-state index contributed by atoms with van der Waals surface area (Å²) in [6.45, 7) is 4.21. The maximum absolute atomic E-state index is 10.4. The molecule has 0 bridgehead atoms. The fourth-order valence-electron chi connectivity index (χ4n) is 3.37. The van der Waals surface area contributed by atoms with E-state index in [0.29, 0.717) is 6.54 Å². The fraction of sp³-hybridized carbons (Fsp3) is 0.389. The summed E-state index contributed by atoms with van der Waals surface area (Å²) in [5.74, 6) is 0.946. The monoisotopic (exact) mass is 338 g/mol. The minimum Gasteiger partial charge on any atom is -0.387 e. The lowest BCUT2D eigenvalue weighted by Crippen LogP contribution is -2.47. The SMILES string of the molecule is Cn1ncc2c(N3CCN(CC(O)c4ccccc4)CC3)ncnc21. The highest BCUT2D eigenvalue weighted by Crippen LogP contribution is 2.23. The van der Waals surface area contributed by atoms with Gasteiger partial charge < -0.3 is 10.0 Å².